The van der Waals surface area contributed by atoms with Gasteiger partial charge in [-0.05, 0) is 99.0 Å². The largest absolute Gasteiger partial charge is 0.478 e. The maximum atomic E-state index is 13.6. The van der Waals surface area contributed by atoms with E-state index < -0.39 is 11.9 Å². The molecule has 1 amide bonds. The number of hydrogen-bond acceptors (Lipinski definition) is 5. The summed E-state index contributed by atoms with van der Waals surface area (Å²) in [7, 11) is 0. The molecule has 7 nitrogen and oxygen atoms in total. The molecule has 0 aliphatic carbocycles. The molecular formula is C35H38F2N2O5S. The van der Waals surface area contributed by atoms with Crippen LogP contribution in [0.5, 0.6) is 0 Å². The lowest BCUT2D eigenvalue weighted by molar-refractivity contribution is -0.134. The second kappa shape index (κ2) is 16.2. The van der Waals surface area contributed by atoms with Crippen molar-refractivity contribution in [1.82, 2.24) is 9.80 Å². The van der Waals surface area contributed by atoms with Gasteiger partial charge in [0, 0.05) is 48.1 Å². The van der Waals surface area contributed by atoms with E-state index in [9.17, 15) is 23.2 Å². The fraction of sp³-hybridized carbons (Fsp3) is 0.343. The molecule has 1 aromatic heterocycles. The smallest absolute Gasteiger partial charge is 0.328 e. The number of carboxylic acids is 2. The molecule has 2 aliphatic heterocycles. The Kier molecular flexibility index (Phi) is 12.2. The predicted octanol–water partition coefficient (Wildman–Crippen LogP) is 6.81. The van der Waals surface area contributed by atoms with Gasteiger partial charge in [-0.1, -0.05) is 29.8 Å². The lowest BCUT2D eigenvalue weighted by Gasteiger charge is -2.30. The maximum Gasteiger partial charge on any atom is 0.328 e. The minimum absolute atomic E-state index is 0.207. The number of piperidine rings is 1. The van der Waals surface area contributed by atoms with E-state index in [0.717, 1.165) is 93.5 Å². The second-order valence-electron chi connectivity index (χ2n) is 11.1. The maximum absolute atomic E-state index is 13.6. The van der Waals surface area contributed by atoms with Crippen LogP contribution < -0.4 is 0 Å². The highest BCUT2D eigenvalue weighted by Crippen LogP contribution is 2.33. The monoisotopic (exact) mass is 636 g/mol. The fourth-order valence-electron chi connectivity index (χ4n) is 5.73. The molecule has 0 spiro atoms. The van der Waals surface area contributed by atoms with Gasteiger partial charge in [0.2, 0.25) is 0 Å². The predicted molar refractivity (Wildman–Crippen MR) is 171 cm³/mol. The van der Waals surface area contributed by atoms with Crippen LogP contribution in [0, 0.1) is 18.6 Å². The van der Waals surface area contributed by atoms with E-state index in [4.69, 9.17) is 10.2 Å². The molecule has 2 aliphatic rings. The molecule has 0 saturated carbocycles. The first kappa shape index (κ1) is 33.7. The Bertz CT molecular complexity index is 1470. The van der Waals surface area contributed by atoms with Gasteiger partial charge in [0.05, 0.1) is 5.56 Å². The minimum Gasteiger partial charge on any atom is -0.478 e. The first-order valence-electron chi connectivity index (χ1n) is 15.1. The summed E-state index contributed by atoms with van der Waals surface area (Å²) in [4.78, 5) is 39.1. The van der Waals surface area contributed by atoms with Crippen LogP contribution in [0.2, 0.25) is 0 Å². The summed E-state index contributed by atoms with van der Waals surface area (Å²) in [5.41, 5.74) is 5.31. The molecule has 1 fully saturated rings. The zero-order chi connectivity index (χ0) is 32.3. The van der Waals surface area contributed by atoms with Crippen molar-refractivity contribution in [3.05, 3.63) is 110 Å². The highest BCUT2D eigenvalue weighted by Gasteiger charge is 2.24. The van der Waals surface area contributed by atoms with E-state index >= 15 is 0 Å². The van der Waals surface area contributed by atoms with Crippen LogP contribution in [0.1, 0.15) is 63.3 Å². The normalized spacial score (nSPS) is 15.3. The van der Waals surface area contributed by atoms with E-state index in [2.05, 4.69) is 17.9 Å². The Labute approximate surface area is 266 Å². The van der Waals surface area contributed by atoms with E-state index in [0.29, 0.717) is 12.2 Å². The molecule has 2 N–H and O–H groups in total. The highest BCUT2D eigenvalue weighted by molar-refractivity contribution is 7.12. The number of carboxylic acid groups (broad SMARTS) is 2. The molecule has 0 unspecified atom stereocenters. The van der Waals surface area contributed by atoms with E-state index in [1.807, 2.05) is 29.2 Å². The van der Waals surface area contributed by atoms with Gasteiger partial charge in [-0.25, -0.2) is 18.4 Å². The van der Waals surface area contributed by atoms with Gasteiger partial charge in [0.25, 0.3) is 5.91 Å². The van der Waals surface area contributed by atoms with Crippen molar-refractivity contribution >= 4 is 34.8 Å². The molecule has 3 heterocycles. The Morgan fingerprint density at radius 3 is 1.89 bits per heavy atom. The number of rotatable bonds is 9. The SMILES string of the molecule is Cc1cc2c(s1)CCCN(CCCCN1CCC(=C(c3ccc(F)cc3)c3ccc(F)cc3)CC1)C2=O.O=C(O)C=CC(=O)O. The van der Waals surface area contributed by atoms with Gasteiger partial charge in [-0.15, -0.1) is 11.3 Å². The molecule has 0 bridgehead atoms. The molecule has 1 saturated heterocycles. The topological polar surface area (TPSA) is 98.2 Å². The Hall–Kier alpha value is -4.15. The van der Waals surface area contributed by atoms with Crippen LogP contribution in [0.25, 0.3) is 5.57 Å². The third-order valence-corrected chi connectivity index (χ3v) is 8.99. The fourth-order valence-corrected chi connectivity index (χ4v) is 6.80. The number of carbonyl (C=O) groups is 3. The first-order chi connectivity index (χ1) is 21.6. The number of thiophene rings is 1. The van der Waals surface area contributed by atoms with E-state index in [1.165, 1.54) is 39.6 Å². The van der Waals surface area contributed by atoms with Crippen molar-refractivity contribution in [3.8, 4) is 0 Å². The van der Waals surface area contributed by atoms with Gasteiger partial charge in [-0.2, -0.15) is 0 Å². The summed E-state index contributed by atoms with van der Waals surface area (Å²) >= 11 is 1.77. The summed E-state index contributed by atoms with van der Waals surface area (Å²) in [6.07, 6.45) is 7.14. The van der Waals surface area contributed by atoms with Crippen molar-refractivity contribution in [1.29, 1.82) is 0 Å². The van der Waals surface area contributed by atoms with Crippen LogP contribution in [-0.4, -0.2) is 70.6 Å². The number of benzene rings is 2. The average Bonchev–Trinajstić information content (AvgIpc) is 3.33. The Morgan fingerprint density at radius 1 is 0.822 bits per heavy atom. The standard InChI is InChI=1S/C31H34F2N2OS.C4H4O4/c1-22-21-28-29(37-22)5-4-18-35(31(28)36)17-3-2-16-34-19-14-25(15-20-34)30(23-6-10-26(32)11-7-23)24-8-12-27(33)13-9-24;5-3(6)1-2-4(7)8/h6-13,21H,2-5,14-20H2,1H3;1-2H,(H,5,6)(H,7,8). The molecular weight excluding hydrogens is 598 g/mol. The van der Waals surface area contributed by atoms with Crippen molar-refractivity contribution < 1.29 is 33.4 Å². The number of nitrogens with zero attached hydrogens (tertiary/aromatic N) is 2. The lowest BCUT2D eigenvalue weighted by atomic mass is 9.88. The summed E-state index contributed by atoms with van der Waals surface area (Å²) in [6.45, 7) is 6.74. The number of hydrogen-bond donors (Lipinski definition) is 2. The van der Waals surface area contributed by atoms with Crippen LogP contribution >= 0.6 is 11.3 Å². The molecule has 10 heteroatoms. The minimum atomic E-state index is -1.26. The van der Waals surface area contributed by atoms with Crippen LogP contribution in [0.3, 0.4) is 0 Å². The van der Waals surface area contributed by atoms with Gasteiger partial charge in [0.15, 0.2) is 0 Å². The average molecular weight is 637 g/mol. The quantitative estimate of drug-likeness (QED) is 0.198. The lowest BCUT2D eigenvalue weighted by Crippen LogP contribution is -2.34. The van der Waals surface area contributed by atoms with Crippen molar-refractivity contribution in [2.75, 3.05) is 32.7 Å². The van der Waals surface area contributed by atoms with Gasteiger partial charge in [0.1, 0.15) is 11.6 Å². The van der Waals surface area contributed by atoms with Crippen molar-refractivity contribution in [2.24, 2.45) is 0 Å². The Balaban J connectivity index is 0.000000510. The highest BCUT2D eigenvalue weighted by atomic mass is 32.1. The molecule has 5 rings (SSSR count). The van der Waals surface area contributed by atoms with Gasteiger partial charge in [-0.3, -0.25) is 4.79 Å². The number of unbranched alkanes of at least 4 members (excludes halogenated alkanes) is 1. The molecule has 0 radical (unpaired) electrons. The molecule has 238 valence electrons. The number of carbonyl (C=O) groups excluding carboxylic acids is 1. The third kappa shape index (κ3) is 9.92. The number of likely N-dealkylation sites (tertiary alicyclic amines) is 1. The molecule has 45 heavy (non-hydrogen) atoms. The number of halogens is 2. The summed E-state index contributed by atoms with van der Waals surface area (Å²) in [6, 6.07) is 15.3. The number of amides is 1. The van der Waals surface area contributed by atoms with E-state index in [-0.39, 0.29) is 17.5 Å². The zero-order valence-electron chi connectivity index (χ0n) is 25.3. The van der Waals surface area contributed by atoms with Gasteiger partial charge < -0.3 is 20.0 Å². The zero-order valence-corrected chi connectivity index (χ0v) is 26.1. The third-order valence-electron chi connectivity index (χ3n) is 7.88. The molecule has 3 aromatic rings. The first-order valence-corrected chi connectivity index (χ1v) is 15.9. The number of aryl methyl sites for hydroxylation is 2. The van der Waals surface area contributed by atoms with E-state index in [1.54, 1.807) is 11.3 Å². The summed E-state index contributed by atoms with van der Waals surface area (Å²) in [5.74, 6) is -2.82. The molecule has 2 aromatic carbocycles. The number of aliphatic carboxylic acids is 2. The van der Waals surface area contributed by atoms with Crippen LogP contribution in [-0.2, 0) is 16.0 Å². The van der Waals surface area contributed by atoms with Gasteiger partial charge >= 0.3 is 11.9 Å². The van der Waals surface area contributed by atoms with Crippen LogP contribution in [0.4, 0.5) is 8.78 Å². The Morgan fingerprint density at radius 2 is 1.36 bits per heavy atom. The van der Waals surface area contributed by atoms with Crippen molar-refractivity contribution in [2.45, 2.75) is 45.4 Å². The van der Waals surface area contributed by atoms with Crippen LogP contribution in [0.15, 0.2) is 72.3 Å². The number of fused-ring (bicyclic) bond motifs is 1. The summed E-state index contributed by atoms with van der Waals surface area (Å²) < 4.78 is 27.2. The van der Waals surface area contributed by atoms with Crippen molar-refractivity contribution in [3.63, 3.8) is 0 Å². The molecule has 0 atom stereocenters. The second-order valence-corrected chi connectivity index (χ2v) is 12.5. The summed E-state index contributed by atoms with van der Waals surface area (Å²) in [5, 5.41) is 15.6.